The van der Waals surface area contributed by atoms with Crippen molar-refractivity contribution in [2.45, 2.75) is 31.0 Å². The minimum Gasteiger partial charge on any atom is -0.378 e. The molecule has 1 aliphatic heterocycles. The molecule has 0 unspecified atom stereocenters. The maximum Gasteiger partial charge on any atom is 0.418 e. The van der Waals surface area contributed by atoms with Gasteiger partial charge in [-0.25, -0.2) is 0 Å². The third kappa shape index (κ3) is 3.25. The van der Waals surface area contributed by atoms with Gasteiger partial charge >= 0.3 is 6.18 Å². The first-order valence-electron chi connectivity index (χ1n) is 6.23. The Hall–Kier alpha value is -1.14. The molecule has 1 aromatic rings. The normalized spacial score (nSPS) is 19.4. The summed E-state index contributed by atoms with van der Waals surface area (Å²) < 4.78 is 44.3. The lowest BCUT2D eigenvalue weighted by atomic mass is 9.84. The number of rotatable bonds is 3. The molecule has 1 fully saturated rings. The SMILES string of the molecule is COC1(Cc2ccncc2C(F)(F)F)CCNCC1. The maximum absolute atomic E-state index is 12.9. The predicted molar refractivity (Wildman–Crippen MR) is 64.8 cm³/mol. The highest BCUT2D eigenvalue weighted by Crippen LogP contribution is 2.35. The van der Waals surface area contributed by atoms with Crippen LogP contribution in [0.2, 0.25) is 0 Å². The number of nitrogens with zero attached hydrogens (tertiary/aromatic N) is 1. The van der Waals surface area contributed by atoms with Crippen molar-refractivity contribution in [1.29, 1.82) is 0 Å². The lowest BCUT2D eigenvalue weighted by molar-refractivity contribution is -0.139. The number of hydrogen-bond acceptors (Lipinski definition) is 3. The molecule has 0 bridgehead atoms. The number of piperidine rings is 1. The Morgan fingerprint density at radius 1 is 1.37 bits per heavy atom. The van der Waals surface area contributed by atoms with Gasteiger partial charge in [-0.05, 0) is 37.6 Å². The Bertz CT molecular complexity index is 428. The fraction of sp³-hybridized carbons (Fsp3) is 0.615. The second kappa shape index (κ2) is 5.46. The van der Waals surface area contributed by atoms with Gasteiger partial charge in [-0.15, -0.1) is 0 Å². The van der Waals surface area contributed by atoms with E-state index in [9.17, 15) is 13.2 Å². The number of hydrogen-bond donors (Lipinski definition) is 1. The van der Waals surface area contributed by atoms with Gasteiger partial charge in [0.1, 0.15) is 0 Å². The van der Waals surface area contributed by atoms with Crippen molar-refractivity contribution in [2.24, 2.45) is 0 Å². The lowest BCUT2D eigenvalue weighted by Gasteiger charge is -2.37. The fourth-order valence-corrected chi connectivity index (χ4v) is 2.52. The van der Waals surface area contributed by atoms with Crippen molar-refractivity contribution in [3.8, 4) is 0 Å². The van der Waals surface area contributed by atoms with Crippen LogP contribution >= 0.6 is 0 Å². The number of methoxy groups -OCH3 is 1. The summed E-state index contributed by atoms with van der Waals surface area (Å²) in [5, 5.41) is 3.19. The summed E-state index contributed by atoms with van der Waals surface area (Å²) in [6, 6.07) is 1.44. The quantitative estimate of drug-likeness (QED) is 0.919. The van der Waals surface area contributed by atoms with Crippen molar-refractivity contribution in [3.63, 3.8) is 0 Å². The van der Waals surface area contributed by atoms with Gasteiger partial charge in [-0.3, -0.25) is 4.98 Å². The molecule has 1 aliphatic rings. The number of ether oxygens (including phenoxy) is 1. The van der Waals surface area contributed by atoms with Crippen molar-refractivity contribution >= 4 is 0 Å². The van der Waals surface area contributed by atoms with Crippen LogP contribution in [0.15, 0.2) is 18.5 Å². The number of pyridine rings is 1. The van der Waals surface area contributed by atoms with E-state index in [1.807, 2.05) is 0 Å². The van der Waals surface area contributed by atoms with Crippen LogP contribution in [0.5, 0.6) is 0 Å². The molecule has 1 N–H and O–H groups in total. The van der Waals surface area contributed by atoms with E-state index in [1.54, 1.807) is 7.11 Å². The zero-order valence-electron chi connectivity index (χ0n) is 10.8. The second-order valence-electron chi connectivity index (χ2n) is 4.84. The van der Waals surface area contributed by atoms with Crippen LogP contribution in [-0.4, -0.2) is 30.8 Å². The molecular formula is C13H17F3N2O. The molecule has 2 rings (SSSR count). The number of alkyl halides is 3. The molecule has 3 nitrogen and oxygen atoms in total. The van der Waals surface area contributed by atoms with Crippen LogP contribution in [0, 0.1) is 0 Å². The van der Waals surface area contributed by atoms with Crippen LogP contribution in [0.1, 0.15) is 24.0 Å². The Labute approximate surface area is 110 Å². The van der Waals surface area contributed by atoms with Crippen LogP contribution in [-0.2, 0) is 17.3 Å². The summed E-state index contributed by atoms with van der Waals surface area (Å²) in [6.07, 6.45) is -0.394. The molecule has 0 amide bonds. The summed E-state index contributed by atoms with van der Waals surface area (Å²) in [7, 11) is 1.57. The van der Waals surface area contributed by atoms with E-state index in [1.165, 1.54) is 12.3 Å². The summed E-state index contributed by atoms with van der Waals surface area (Å²) in [4.78, 5) is 3.58. The van der Waals surface area contributed by atoms with Crippen LogP contribution in [0.4, 0.5) is 13.2 Å². The summed E-state index contributed by atoms with van der Waals surface area (Å²) in [6.45, 7) is 1.53. The van der Waals surface area contributed by atoms with Gasteiger partial charge in [-0.2, -0.15) is 13.2 Å². The third-order valence-electron chi connectivity index (χ3n) is 3.68. The molecule has 6 heteroatoms. The Kier molecular flexibility index (Phi) is 4.10. The molecule has 19 heavy (non-hydrogen) atoms. The van der Waals surface area contributed by atoms with E-state index in [0.717, 1.165) is 19.3 Å². The van der Waals surface area contributed by atoms with Gasteiger partial charge in [0.05, 0.1) is 11.2 Å². The number of halogens is 3. The van der Waals surface area contributed by atoms with Gasteiger partial charge in [-0.1, -0.05) is 0 Å². The van der Waals surface area contributed by atoms with Crippen LogP contribution in [0.25, 0.3) is 0 Å². The summed E-state index contributed by atoms with van der Waals surface area (Å²) in [5.74, 6) is 0. The monoisotopic (exact) mass is 274 g/mol. The zero-order valence-corrected chi connectivity index (χ0v) is 10.8. The zero-order chi connectivity index (χ0) is 13.9. The Morgan fingerprint density at radius 2 is 2.05 bits per heavy atom. The van der Waals surface area contributed by atoms with E-state index in [-0.39, 0.29) is 12.0 Å². The predicted octanol–water partition coefficient (Wildman–Crippen LogP) is 2.41. The highest BCUT2D eigenvalue weighted by atomic mass is 19.4. The van der Waals surface area contributed by atoms with E-state index in [4.69, 9.17) is 4.74 Å². The van der Waals surface area contributed by atoms with Crippen molar-refractivity contribution in [2.75, 3.05) is 20.2 Å². The van der Waals surface area contributed by atoms with Gasteiger partial charge < -0.3 is 10.1 Å². The first-order chi connectivity index (χ1) is 8.97. The number of aromatic nitrogens is 1. The highest BCUT2D eigenvalue weighted by molar-refractivity contribution is 5.28. The fourth-order valence-electron chi connectivity index (χ4n) is 2.52. The van der Waals surface area contributed by atoms with Crippen molar-refractivity contribution < 1.29 is 17.9 Å². The Morgan fingerprint density at radius 3 is 2.63 bits per heavy atom. The minimum atomic E-state index is -4.37. The molecule has 0 aliphatic carbocycles. The van der Waals surface area contributed by atoms with Gasteiger partial charge in [0.2, 0.25) is 0 Å². The average molecular weight is 274 g/mol. The van der Waals surface area contributed by atoms with Crippen LogP contribution < -0.4 is 5.32 Å². The molecule has 0 atom stereocenters. The molecular weight excluding hydrogens is 257 g/mol. The molecule has 1 aromatic heterocycles. The highest BCUT2D eigenvalue weighted by Gasteiger charge is 2.38. The topological polar surface area (TPSA) is 34.1 Å². The van der Waals surface area contributed by atoms with Gasteiger partial charge in [0.25, 0.3) is 0 Å². The molecule has 0 aromatic carbocycles. The largest absolute Gasteiger partial charge is 0.418 e. The third-order valence-corrected chi connectivity index (χ3v) is 3.68. The first-order valence-corrected chi connectivity index (χ1v) is 6.23. The van der Waals surface area contributed by atoms with Gasteiger partial charge in [0.15, 0.2) is 0 Å². The van der Waals surface area contributed by atoms with E-state index in [2.05, 4.69) is 10.3 Å². The van der Waals surface area contributed by atoms with Crippen LogP contribution in [0.3, 0.4) is 0 Å². The molecule has 1 saturated heterocycles. The maximum atomic E-state index is 12.9. The van der Waals surface area contributed by atoms with E-state index >= 15 is 0 Å². The lowest BCUT2D eigenvalue weighted by Crippen LogP contribution is -2.45. The molecule has 0 radical (unpaired) electrons. The Balaban J connectivity index is 2.27. The molecule has 0 spiro atoms. The molecule has 106 valence electrons. The van der Waals surface area contributed by atoms with Gasteiger partial charge in [0, 0.05) is 25.9 Å². The molecule has 2 heterocycles. The van der Waals surface area contributed by atoms with Crippen molar-refractivity contribution in [3.05, 3.63) is 29.6 Å². The molecule has 0 saturated carbocycles. The standard InChI is InChI=1S/C13H17F3N2O/c1-19-12(3-6-17-7-4-12)8-10-2-5-18-9-11(10)13(14,15)16/h2,5,9,17H,3-4,6-8H2,1H3. The van der Waals surface area contributed by atoms with E-state index in [0.29, 0.717) is 12.8 Å². The minimum absolute atomic E-state index is 0.256. The number of nitrogens with one attached hydrogen (secondary N) is 1. The summed E-state index contributed by atoms with van der Waals surface area (Å²) >= 11 is 0. The summed E-state index contributed by atoms with van der Waals surface area (Å²) in [5.41, 5.74) is -0.914. The van der Waals surface area contributed by atoms with Crippen molar-refractivity contribution in [1.82, 2.24) is 10.3 Å². The average Bonchev–Trinajstić information content (AvgIpc) is 2.39. The smallest absolute Gasteiger partial charge is 0.378 e. The van der Waals surface area contributed by atoms with E-state index < -0.39 is 17.3 Å². The second-order valence-corrected chi connectivity index (χ2v) is 4.84. The first kappa shape index (κ1) is 14.3.